The summed E-state index contributed by atoms with van der Waals surface area (Å²) in [6, 6.07) is 16.5. The number of rotatable bonds is 5. The van der Waals surface area contributed by atoms with E-state index in [4.69, 9.17) is 0 Å². The van der Waals surface area contributed by atoms with Crippen molar-refractivity contribution < 1.29 is 4.79 Å². The van der Waals surface area contributed by atoms with Crippen LogP contribution in [0.15, 0.2) is 59.4 Å². The minimum atomic E-state index is -0.213. The van der Waals surface area contributed by atoms with E-state index in [1.54, 1.807) is 6.07 Å². The molecule has 0 atom stereocenters. The second-order valence-electron chi connectivity index (χ2n) is 8.63. The van der Waals surface area contributed by atoms with Crippen molar-refractivity contribution in [3.63, 3.8) is 0 Å². The molecular weight excluding hydrogens is 402 g/mol. The van der Waals surface area contributed by atoms with E-state index in [0.717, 1.165) is 26.2 Å². The van der Waals surface area contributed by atoms with Gasteiger partial charge in [-0.15, -0.1) is 0 Å². The van der Waals surface area contributed by atoms with Crippen LogP contribution in [0.3, 0.4) is 0 Å². The maximum atomic E-state index is 13.5. The molecule has 0 N–H and O–H groups in total. The highest BCUT2D eigenvalue weighted by Crippen LogP contribution is 2.18. The molecule has 0 radical (unpaired) electrons. The maximum absolute atomic E-state index is 13.5. The molecule has 166 valence electrons. The summed E-state index contributed by atoms with van der Waals surface area (Å²) in [5.41, 5.74) is 0.786. The van der Waals surface area contributed by atoms with Gasteiger partial charge in [-0.2, -0.15) is 9.78 Å². The van der Waals surface area contributed by atoms with Crippen LogP contribution in [0.5, 0.6) is 0 Å². The largest absolute Gasteiger partial charge is 0.335 e. The number of likely N-dealkylation sites (tertiary alicyclic amines) is 1. The molecule has 3 aromatic rings. The molecule has 7 heteroatoms. The predicted octanol–water partition coefficient (Wildman–Crippen LogP) is 2.24. The predicted molar refractivity (Wildman–Crippen MR) is 125 cm³/mol. The molecule has 7 nitrogen and oxygen atoms in total. The van der Waals surface area contributed by atoms with Gasteiger partial charge in [0.25, 0.3) is 11.5 Å². The topological polar surface area (TPSA) is 61.7 Å². The lowest BCUT2D eigenvalue weighted by atomic mass is 10.1. The summed E-state index contributed by atoms with van der Waals surface area (Å²) in [4.78, 5) is 33.4. The lowest BCUT2D eigenvalue weighted by molar-refractivity contribution is 0.0621. The Labute approximate surface area is 187 Å². The quantitative estimate of drug-likeness (QED) is 0.620. The number of carbonyl (C=O) groups is 1. The van der Waals surface area contributed by atoms with Crippen LogP contribution in [0, 0.1) is 0 Å². The van der Waals surface area contributed by atoms with E-state index < -0.39 is 0 Å². The fraction of sp³-hybridized carbons (Fsp3) is 0.400. The van der Waals surface area contributed by atoms with Crippen LogP contribution in [-0.4, -0.2) is 82.7 Å². The molecule has 1 amide bonds. The smallest absolute Gasteiger partial charge is 0.279 e. The van der Waals surface area contributed by atoms with E-state index in [-0.39, 0.29) is 11.5 Å². The molecule has 2 aromatic carbocycles. The molecule has 0 spiro atoms. The van der Waals surface area contributed by atoms with E-state index in [9.17, 15) is 9.59 Å². The number of fused-ring (bicyclic) bond motifs is 1. The lowest BCUT2D eigenvalue weighted by Gasteiger charge is -2.35. The summed E-state index contributed by atoms with van der Waals surface area (Å²) < 4.78 is 1.35. The monoisotopic (exact) mass is 431 g/mol. The molecule has 0 bridgehead atoms. The Kier molecular flexibility index (Phi) is 6.01. The number of benzene rings is 2. The molecule has 32 heavy (non-hydrogen) atoms. The fourth-order valence-electron chi connectivity index (χ4n) is 4.71. The van der Waals surface area contributed by atoms with Crippen LogP contribution in [0.1, 0.15) is 23.3 Å². The van der Waals surface area contributed by atoms with E-state index in [0.29, 0.717) is 35.2 Å². The molecule has 0 unspecified atom stereocenters. The van der Waals surface area contributed by atoms with Crippen molar-refractivity contribution in [2.45, 2.75) is 12.8 Å². The summed E-state index contributed by atoms with van der Waals surface area (Å²) in [5.74, 6) is -0.106. The molecule has 2 aliphatic rings. The van der Waals surface area contributed by atoms with Crippen LogP contribution in [0.25, 0.3) is 16.5 Å². The van der Waals surface area contributed by atoms with Crippen molar-refractivity contribution >= 4 is 16.7 Å². The summed E-state index contributed by atoms with van der Waals surface area (Å²) in [6.45, 7) is 7.71. The lowest BCUT2D eigenvalue weighted by Crippen LogP contribution is -2.50. The highest BCUT2D eigenvalue weighted by Gasteiger charge is 2.26. The molecule has 2 fully saturated rings. The minimum Gasteiger partial charge on any atom is -0.335 e. The zero-order chi connectivity index (χ0) is 21.9. The highest BCUT2D eigenvalue weighted by atomic mass is 16.2. The van der Waals surface area contributed by atoms with Gasteiger partial charge < -0.3 is 9.80 Å². The Morgan fingerprint density at radius 3 is 2.03 bits per heavy atom. The SMILES string of the molecule is O=C(c1nn(-c2ccccc2)c(=O)c2ccccc12)N1CCN(CCN2CCCC2)CC1. The average molecular weight is 432 g/mol. The van der Waals surface area contributed by atoms with Gasteiger partial charge in [0.05, 0.1) is 11.1 Å². The number of hydrogen-bond donors (Lipinski definition) is 0. The summed E-state index contributed by atoms with van der Waals surface area (Å²) in [5, 5.41) is 5.68. The third-order valence-corrected chi connectivity index (χ3v) is 6.60. The molecular formula is C25H29N5O2. The molecule has 5 rings (SSSR count). The Hall–Kier alpha value is -3.03. The first kappa shape index (κ1) is 20.8. The molecule has 0 saturated carbocycles. The molecule has 2 saturated heterocycles. The van der Waals surface area contributed by atoms with Crippen LogP contribution in [0.2, 0.25) is 0 Å². The van der Waals surface area contributed by atoms with Crippen molar-refractivity contribution in [2.24, 2.45) is 0 Å². The number of aromatic nitrogens is 2. The Morgan fingerprint density at radius 2 is 1.34 bits per heavy atom. The maximum Gasteiger partial charge on any atom is 0.279 e. The van der Waals surface area contributed by atoms with E-state index in [2.05, 4.69) is 14.9 Å². The fourth-order valence-corrected chi connectivity index (χ4v) is 4.71. The molecule has 2 aliphatic heterocycles. The summed E-state index contributed by atoms with van der Waals surface area (Å²) >= 11 is 0. The molecule has 1 aromatic heterocycles. The van der Waals surface area contributed by atoms with Gasteiger partial charge in [0.2, 0.25) is 0 Å². The second-order valence-corrected chi connectivity index (χ2v) is 8.63. The summed E-state index contributed by atoms with van der Waals surface area (Å²) in [7, 11) is 0. The van der Waals surface area contributed by atoms with Gasteiger partial charge in [-0.1, -0.05) is 36.4 Å². The van der Waals surface area contributed by atoms with Gasteiger partial charge in [0.15, 0.2) is 5.69 Å². The second kappa shape index (κ2) is 9.22. The number of piperazine rings is 1. The molecule has 3 heterocycles. The summed E-state index contributed by atoms with van der Waals surface area (Å²) in [6.07, 6.45) is 2.63. The Morgan fingerprint density at radius 1 is 0.750 bits per heavy atom. The third-order valence-electron chi connectivity index (χ3n) is 6.60. The third kappa shape index (κ3) is 4.18. The number of para-hydroxylation sites is 1. The van der Waals surface area contributed by atoms with Crippen molar-refractivity contribution in [3.05, 3.63) is 70.6 Å². The average Bonchev–Trinajstić information content (AvgIpc) is 3.37. The van der Waals surface area contributed by atoms with Crippen LogP contribution >= 0.6 is 0 Å². The van der Waals surface area contributed by atoms with Gasteiger partial charge in [0.1, 0.15) is 0 Å². The number of nitrogens with zero attached hydrogens (tertiary/aromatic N) is 5. The highest BCUT2D eigenvalue weighted by molar-refractivity contribution is 6.04. The van der Waals surface area contributed by atoms with Crippen LogP contribution < -0.4 is 5.56 Å². The van der Waals surface area contributed by atoms with Gasteiger partial charge in [0, 0.05) is 44.7 Å². The zero-order valence-electron chi connectivity index (χ0n) is 18.3. The first-order valence-corrected chi connectivity index (χ1v) is 11.5. The van der Waals surface area contributed by atoms with Crippen molar-refractivity contribution in [1.82, 2.24) is 24.5 Å². The first-order chi connectivity index (χ1) is 15.7. The molecule has 0 aliphatic carbocycles. The Balaban J connectivity index is 1.37. The van der Waals surface area contributed by atoms with Gasteiger partial charge in [-0.05, 0) is 44.1 Å². The number of carbonyl (C=O) groups excluding carboxylic acids is 1. The van der Waals surface area contributed by atoms with Gasteiger partial charge in [-0.3, -0.25) is 14.5 Å². The zero-order valence-corrected chi connectivity index (χ0v) is 18.3. The number of amides is 1. The van der Waals surface area contributed by atoms with Crippen LogP contribution in [-0.2, 0) is 0 Å². The minimum absolute atomic E-state index is 0.106. The first-order valence-electron chi connectivity index (χ1n) is 11.5. The van der Waals surface area contributed by atoms with Crippen molar-refractivity contribution in [1.29, 1.82) is 0 Å². The Bertz CT molecular complexity index is 1150. The van der Waals surface area contributed by atoms with Crippen LogP contribution in [0.4, 0.5) is 0 Å². The van der Waals surface area contributed by atoms with E-state index >= 15 is 0 Å². The number of hydrogen-bond acceptors (Lipinski definition) is 5. The van der Waals surface area contributed by atoms with E-state index in [1.165, 1.54) is 30.6 Å². The van der Waals surface area contributed by atoms with Gasteiger partial charge in [-0.25, -0.2) is 0 Å². The van der Waals surface area contributed by atoms with Crippen molar-refractivity contribution in [2.75, 3.05) is 52.4 Å². The van der Waals surface area contributed by atoms with Gasteiger partial charge >= 0.3 is 0 Å². The van der Waals surface area contributed by atoms with E-state index in [1.807, 2.05) is 53.4 Å². The standard InChI is InChI=1S/C25H29N5O2/c31-24-22-11-5-4-10-21(22)23(26-30(24)20-8-2-1-3-9-20)25(32)29-18-16-28(17-19-29)15-14-27-12-6-7-13-27/h1-5,8-11H,6-7,12-19H2. The van der Waals surface area contributed by atoms with Crippen molar-refractivity contribution in [3.8, 4) is 5.69 Å². The normalized spacial score (nSPS) is 17.8.